The molecule has 2 aromatic rings. The number of carbonyl (C=O) groups is 3. The van der Waals surface area contributed by atoms with Gasteiger partial charge in [-0.05, 0) is 31.9 Å². The molecule has 166 valence electrons. The van der Waals surface area contributed by atoms with Crippen molar-refractivity contribution in [3.05, 3.63) is 35.9 Å². The summed E-state index contributed by atoms with van der Waals surface area (Å²) >= 11 is 0. The number of hydrogen-bond acceptors (Lipinski definition) is 7. The van der Waals surface area contributed by atoms with Gasteiger partial charge in [0.25, 0.3) is 12.4 Å². The zero-order valence-electron chi connectivity index (χ0n) is 17.2. The molecular weight excluding hydrogens is 402 g/mol. The number of nitrogens with two attached hydrogens (primary N) is 2. The summed E-state index contributed by atoms with van der Waals surface area (Å²) < 4.78 is 0. The van der Waals surface area contributed by atoms with Crippen molar-refractivity contribution in [3.63, 3.8) is 0 Å². The normalized spacial score (nSPS) is 13.5. The molecule has 3 amide bonds. The van der Waals surface area contributed by atoms with Gasteiger partial charge in [0.05, 0.1) is 5.69 Å². The van der Waals surface area contributed by atoms with Crippen LogP contribution in [-0.4, -0.2) is 64.1 Å². The fourth-order valence-corrected chi connectivity index (χ4v) is 3.18. The summed E-state index contributed by atoms with van der Waals surface area (Å²) in [6, 6.07) is 8.72. The number of hydrogen-bond donors (Lipinski definition) is 5. The Morgan fingerprint density at radius 2 is 1.81 bits per heavy atom. The molecule has 3 rings (SSSR count). The molecule has 0 bridgehead atoms. The largest absolute Gasteiger partial charge is 0.483 e. The minimum absolute atomic E-state index is 0.0474. The van der Waals surface area contributed by atoms with E-state index < -0.39 is 0 Å². The number of urea groups is 1. The number of carbonyl (C=O) groups excluding carboxylic acids is 2. The number of rotatable bonds is 4. The maximum absolute atomic E-state index is 12.5. The Labute approximate surface area is 179 Å². The molecule has 1 fully saturated rings. The molecule has 1 aliphatic rings. The summed E-state index contributed by atoms with van der Waals surface area (Å²) in [5, 5.41) is 12.7. The Morgan fingerprint density at radius 3 is 2.35 bits per heavy atom. The average Bonchev–Trinajstić information content (AvgIpc) is 2.74. The summed E-state index contributed by atoms with van der Waals surface area (Å²) in [6.07, 6.45) is 1.47. The topological polar surface area (TPSA) is 177 Å². The highest BCUT2D eigenvalue weighted by molar-refractivity contribution is 5.94. The number of anilines is 2. The molecule has 0 spiro atoms. The van der Waals surface area contributed by atoms with Crippen LogP contribution in [0.5, 0.6) is 0 Å². The second-order valence-corrected chi connectivity index (χ2v) is 6.79. The summed E-state index contributed by atoms with van der Waals surface area (Å²) in [7, 11) is 0. The number of amides is 3. The second-order valence-electron chi connectivity index (χ2n) is 6.79. The average molecular weight is 429 g/mol. The number of likely N-dealkylation sites (tertiary alicyclic amines) is 1. The number of nitrogen functional groups attached to an aromatic ring is 2. The summed E-state index contributed by atoms with van der Waals surface area (Å²) in [4.78, 5) is 42.5. The third-order valence-electron chi connectivity index (χ3n) is 4.65. The number of nitrogens with one attached hydrogen (secondary N) is 2. The van der Waals surface area contributed by atoms with Crippen LogP contribution in [0.15, 0.2) is 30.3 Å². The fourth-order valence-electron chi connectivity index (χ4n) is 3.18. The Balaban J connectivity index is 0.00000107. The first-order valence-electron chi connectivity index (χ1n) is 9.79. The molecule has 0 radical (unpaired) electrons. The standard InChI is InChI=1S/C19H25N7O2.CH2O2/c1-2-22-19(28)26-9-7-14(8-10-26)23-17(27)13-5-3-12(4-6-13)15-11-16(20)25-18(21)24-15;2-1-3/h3-6,11,14H,2,7-10H2,1H3,(H,22,28)(H,23,27)(H4,20,21,24,25);1H,(H,2,3). The molecule has 1 aromatic carbocycles. The van der Waals surface area contributed by atoms with E-state index in [4.69, 9.17) is 21.4 Å². The molecule has 1 saturated heterocycles. The molecule has 2 heterocycles. The Kier molecular flexibility index (Phi) is 8.55. The molecular formula is C20H27N7O4. The number of benzene rings is 1. The minimum atomic E-state index is -0.250. The van der Waals surface area contributed by atoms with E-state index in [0.29, 0.717) is 36.7 Å². The van der Waals surface area contributed by atoms with Gasteiger partial charge in [0.15, 0.2) is 0 Å². The monoisotopic (exact) mass is 429 g/mol. The summed E-state index contributed by atoms with van der Waals surface area (Å²) in [6.45, 7) is 3.52. The first kappa shape index (κ1) is 23.4. The van der Waals surface area contributed by atoms with Gasteiger partial charge >= 0.3 is 6.03 Å². The molecule has 0 unspecified atom stereocenters. The lowest BCUT2D eigenvalue weighted by Crippen LogP contribution is -2.49. The van der Waals surface area contributed by atoms with Crippen molar-refractivity contribution < 1.29 is 19.5 Å². The molecule has 1 aliphatic heterocycles. The Bertz CT molecular complexity index is 877. The summed E-state index contributed by atoms with van der Waals surface area (Å²) in [5.41, 5.74) is 13.3. The first-order chi connectivity index (χ1) is 14.9. The fraction of sp³-hybridized carbons (Fsp3) is 0.350. The highest BCUT2D eigenvalue weighted by atomic mass is 16.3. The van der Waals surface area contributed by atoms with Gasteiger partial charge in [0.2, 0.25) is 5.95 Å². The molecule has 7 N–H and O–H groups in total. The van der Waals surface area contributed by atoms with Crippen LogP contribution < -0.4 is 22.1 Å². The van der Waals surface area contributed by atoms with E-state index in [-0.39, 0.29) is 30.4 Å². The quantitative estimate of drug-likeness (QED) is 0.446. The van der Waals surface area contributed by atoms with E-state index in [2.05, 4.69) is 20.6 Å². The van der Waals surface area contributed by atoms with Gasteiger partial charge in [-0.25, -0.2) is 9.78 Å². The van der Waals surface area contributed by atoms with E-state index in [0.717, 1.165) is 18.4 Å². The van der Waals surface area contributed by atoms with Crippen molar-refractivity contribution in [2.24, 2.45) is 0 Å². The molecule has 0 aliphatic carbocycles. The van der Waals surface area contributed by atoms with E-state index >= 15 is 0 Å². The SMILES string of the molecule is CCNC(=O)N1CCC(NC(=O)c2ccc(-c3cc(N)nc(N)n3)cc2)CC1.O=CO. The Morgan fingerprint density at radius 1 is 1.19 bits per heavy atom. The third-order valence-corrected chi connectivity index (χ3v) is 4.65. The number of aromatic nitrogens is 2. The lowest BCUT2D eigenvalue weighted by Gasteiger charge is -2.32. The highest BCUT2D eigenvalue weighted by Gasteiger charge is 2.23. The van der Waals surface area contributed by atoms with Crippen molar-refractivity contribution in [2.45, 2.75) is 25.8 Å². The van der Waals surface area contributed by atoms with E-state index in [1.807, 2.05) is 6.92 Å². The van der Waals surface area contributed by atoms with Gasteiger partial charge in [-0.2, -0.15) is 4.98 Å². The van der Waals surface area contributed by atoms with Gasteiger partial charge in [-0.15, -0.1) is 0 Å². The number of piperidine rings is 1. The molecule has 31 heavy (non-hydrogen) atoms. The van der Waals surface area contributed by atoms with E-state index in [1.165, 1.54) is 0 Å². The van der Waals surface area contributed by atoms with Gasteiger partial charge in [0, 0.05) is 42.9 Å². The number of nitrogens with zero attached hydrogens (tertiary/aromatic N) is 3. The zero-order chi connectivity index (χ0) is 22.8. The second kappa shape index (κ2) is 11.3. The third kappa shape index (κ3) is 6.84. The zero-order valence-corrected chi connectivity index (χ0v) is 17.2. The van der Waals surface area contributed by atoms with Crippen molar-refractivity contribution in [2.75, 3.05) is 31.1 Å². The number of carboxylic acid groups (broad SMARTS) is 1. The van der Waals surface area contributed by atoms with Crippen molar-refractivity contribution in [1.82, 2.24) is 25.5 Å². The van der Waals surface area contributed by atoms with Crippen LogP contribution in [0.4, 0.5) is 16.6 Å². The van der Waals surface area contributed by atoms with Crippen LogP contribution in [0.1, 0.15) is 30.1 Å². The van der Waals surface area contributed by atoms with Crippen molar-refractivity contribution in [1.29, 1.82) is 0 Å². The molecule has 11 nitrogen and oxygen atoms in total. The van der Waals surface area contributed by atoms with Gasteiger partial charge in [-0.1, -0.05) is 12.1 Å². The molecule has 1 aromatic heterocycles. The van der Waals surface area contributed by atoms with Gasteiger partial charge < -0.3 is 32.1 Å². The predicted molar refractivity (Wildman–Crippen MR) is 116 cm³/mol. The highest BCUT2D eigenvalue weighted by Crippen LogP contribution is 2.20. The lowest BCUT2D eigenvalue weighted by atomic mass is 10.0. The molecule has 0 saturated carbocycles. The van der Waals surface area contributed by atoms with Crippen LogP contribution in [0, 0.1) is 0 Å². The van der Waals surface area contributed by atoms with Crippen molar-refractivity contribution >= 4 is 30.2 Å². The Hall–Kier alpha value is -3.89. The lowest BCUT2D eigenvalue weighted by molar-refractivity contribution is -0.122. The van der Waals surface area contributed by atoms with Crippen LogP contribution in [0.3, 0.4) is 0 Å². The van der Waals surface area contributed by atoms with Gasteiger partial charge in [0.1, 0.15) is 5.82 Å². The van der Waals surface area contributed by atoms with Crippen LogP contribution in [0.2, 0.25) is 0 Å². The van der Waals surface area contributed by atoms with E-state index in [1.54, 1.807) is 35.2 Å². The minimum Gasteiger partial charge on any atom is -0.483 e. The maximum atomic E-state index is 12.5. The van der Waals surface area contributed by atoms with Crippen LogP contribution in [0.25, 0.3) is 11.3 Å². The smallest absolute Gasteiger partial charge is 0.317 e. The molecule has 0 atom stereocenters. The first-order valence-corrected chi connectivity index (χ1v) is 9.79. The predicted octanol–water partition coefficient (Wildman–Crippen LogP) is 0.933. The van der Waals surface area contributed by atoms with Gasteiger partial charge in [-0.3, -0.25) is 9.59 Å². The van der Waals surface area contributed by atoms with Crippen LogP contribution in [-0.2, 0) is 4.79 Å². The van der Waals surface area contributed by atoms with Crippen molar-refractivity contribution in [3.8, 4) is 11.3 Å². The summed E-state index contributed by atoms with van der Waals surface area (Å²) in [5.74, 6) is 0.267. The maximum Gasteiger partial charge on any atom is 0.317 e. The van der Waals surface area contributed by atoms with Crippen LogP contribution >= 0.6 is 0 Å². The van der Waals surface area contributed by atoms with E-state index in [9.17, 15) is 9.59 Å². The molecule has 11 heteroatoms.